The molecule has 5 nitrogen and oxygen atoms in total. The van der Waals surface area contributed by atoms with Gasteiger partial charge < -0.3 is 19.1 Å². The number of benzene rings is 1. The van der Waals surface area contributed by atoms with Crippen molar-refractivity contribution in [3.63, 3.8) is 0 Å². The van der Waals surface area contributed by atoms with Crippen molar-refractivity contribution in [2.24, 2.45) is 0 Å². The van der Waals surface area contributed by atoms with E-state index in [2.05, 4.69) is 15.9 Å². The Bertz CT molecular complexity index is 472. The highest BCUT2D eigenvalue weighted by atomic mass is 79.9. The van der Waals surface area contributed by atoms with Crippen LogP contribution in [0.1, 0.15) is 10.4 Å². The van der Waals surface area contributed by atoms with Crippen LogP contribution in [0.2, 0.25) is 0 Å². The second-order valence-electron chi connectivity index (χ2n) is 4.06. The van der Waals surface area contributed by atoms with E-state index in [1.165, 1.54) is 7.11 Å². The summed E-state index contributed by atoms with van der Waals surface area (Å²) in [5, 5.41) is 0. The van der Waals surface area contributed by atoms with E-state index in [0.29, 0.717) is 43.4 Å². The summed E-state index contributed by atoms with van der Waals surface area (Å²) in [6.07, 6.45) is 0. The molecule has 104 valence electrons. The van der Waals surface area contributed by atoms with Crippen molar-refractivity contribution in [1.82, 2.24) is 4.90 Å². The highest BCUT2D eigenvalue weighted by Gasteiger charge is 2.26. The third-order valence-corrected chi connectivity index (χ3v) is 3.63. The maximum Gasteiger partial charge on any atom is 0.261 e. The molecular weight excluding hydrogens is 314 g/mol. The van der Waals surface area contributed by atoms with E-state index in [9.17, 15) is 4.79 Å². The molecule has 1 aromatic carbocycles. The predicted molar refractivity (Wildman–Crippen MR) is 74.0 cm³/mol. The minimum absolute atomic E-state index is 0.0988. The lowest BCUT2D eigenvalue weighted by Gasteiger charge is -2.28. The van der Waals surface area contributed by atoms with Crippen LogP contribution in [0.5, 0.6) is 11.5 Å². The number of ether oxygens (including phenoxy) is 3. The monoisotopic (exact) mass is 329 g/mol. The first kappa shape index (κ1) is 14.1. The molecule has 0 atom stereocenters. The number of carbonyl (C=O) groups excluding carboxylic acids is 1. The Hall–Kier alpha value is -1.27. The Labute approximate surface area is 120 Å². The van der Waals surface area contributed by atoms with E-state index < -0.39 is 0 Å². The van der Waals surface area contributed by atoms with Gasteiger partial charge >= 0.3 is 0 Å². The highest BCUT2D eigenvalue weighted by Crippen LogP contribution is 2.36. The fourth-order valence-electron chi connectivity index (χ4n) is 2.04. The minimum Gasteiger partial charge on any atom is -0.496 e. The molecule has 1 fully saturated rings. The van der Waals surface area contributed by atoms with Crippen molar-refractivity contribution in [2.75, 3.05) is 40.5 Å². The number of rotatable bonds is 3. The number of hydrogen-bond donors (Lipinski definition) is 0. The van der Waals surface area contributed by atoms with Gasteiger partial charge in [0, 0.05) is 13.1 Å². The summed E-state index contributed by atoms with van der Waals surface area (Å²) in [5.74, 6) is 0.908. The Morgan fingerprint density at radius 3 is 2.53 bits per heavy atom. The molecule has 0 unspecified atom stereocenters. The smallest absolute Gasteiger partial charge is 0.261 e. The van der Waals surface area contributed by atoms with Gasteiger partial charge in [-0.15, -0.1) is 0 Å². The third-order valence-electron chi connectivity index (χ3n) is 3.01. The molecule has 0 bridgehead atoms. The first-order valence-electron chi connectivity index (χ1n) is 5.96. The molecule has 2 rings (SSSR count). The molecule has 0 saturated carbocycles. The second-order valence-corrected chi connectivity index (χ2v) is 4.92. The average molecular weight is 330 g/mol. The molecule has 6 heteroatoms. The first-order valence-corrected chi connectivity index (χ1v) is 6.75. The molecule has 0 aliphatic carbocycles. The van der Waals surface area contributed by atoms with E-state index in [1.807, 2.05) is 0 Å². The van der Waals surface area contributed by atoms with E-state index in [-0.39, 0.29) is 5.91 Å². The van der Waals surface area contributed by atoms with Gasteiger partial charge in [0.05, 0.1) is 31.9 Å². The quantitative estimate of drug-likeness (QED) is 0.850. The van der Waals surface area contributed by atoms with Gasteiger partial charge in [-0.1, -0.05) is 0 Å². The van der Waals surface area contributed by atoms with Crippen molar-refractivity contribution >= 4 is 21.8 Å². The van der Waals surface area contributed by atoms with Crippen molar-refractivity contribution in [3.05, 3.63) is 22.2 Å². The largest absolute Gasteiger partial charge is 0.496 e. The summed E-state index contributed by atoms with van der Waals surface area (Å²) >= 11 is 3.39. The molecular formula is C13H16BrNO4. The van der Waals surface area contributed by atoms with Crippen LogP contribution in [0.25, 0.3) is 0 Å². The van der Waals surface area contributed by atoms with E-state index >= 15 is 0 Å². The SMILES string of the molecule is COc1ccc(Br)c(OC)c1C(=O)N1CCOCC1. The van der Waals surface area contributed by atoms with Crippen LogP contribution in [0.3, 0.4) is 0 Å². The van der Waals surface area contributed by atoms with Crippen LogP contribution < -0.4 is 9.47 Å². The predicted octanol–water partition coefficient (Wildman–Crippen LogP) is 1.94. The lowest BCUT2D eigenvalue weighted by molar-refractivity contribution is 0.0298. The zero-order chi connectivity index (χ0) is 13.8. The maximum atomic E-state index is 12.6. The zero-order valence-corrected chi connectivity index (χ0v) is 12.5. The maximum absolute atomic E-state index is 12.6. The number of methoxy groups -OCH3 is 2. The van der Waals surface area contributed by atoms with E-state index in [1.54, 1.807) is 24.1 Å². The third kappa shape index (κ3) is 2.84. The normalized spacial score (nSPS) is 15.2. The first-order chi connectivity index (χ1) is 9.19. The molecule has 19 heavy (non-hydrogen) atoms. The summed E-state index contributed by atoms with van der Waals surface area (Å²) in [7, 11) is 3.08. The molecule has 1 aromatic rings. The van der Waals surface area contributed by atoms with Crippen LogP contribution in [0, 0.1) is 0 Å². The highest BCUT2D eigenvalue weighted by molar-refractivity contribution is 9.10. The van der Waals surface area contributed by atoms with Crippen LogP contribution in [-0.2, 0) is 4.74 Å². The summed E-state index contributed by atoms with van der Waals surface area (Å²) < 4.78 is 16.6. The van der Waals surface area contributed by atoms with Gasteiger partial charge in [-0.25, -0.2) is 0 Å². The number of carbonyl (C=O) groups is 1. The van der Waals surface area contributed by atoms with Crippen molar-refractivity contribution in [2.45, 2.75) is 0 Å². The van der Waals surface area contributed by atoms with Crippen molar-refractivity contribution in [1.29, 1.82) is 0 Å². The molecule has 1 aliphatic rings. The molecule has 0 aromatic heterocycles. The Morgan fingerprint density at radius 2 is 1.95 bits per heavy atom. The minimum atomic E-state index is -0.0988. The topological polar surface area (TPSA) is 48.0 Å². The number of halogens is 1. The number of amides is 1. The second kappa shape index (κ2) is 6.25. The molecule has 1 amide bonds. The zero-order valence-electron chi connectivity index (χ0n) is 10.9. The van der Waals surface area contributed by atoms with Crippen LogP contribution >= 0.6 is 15.9 Å². The summed E-state index contributed by atoms with van der Waals surface area (Å²) in [4.78, 5) is 14.3. The number of nitrogens with zero attached hydrogens (tertiary/aromatic N) is 1. The van der Waals surface area contributed by atoms with Gasteiger partial charge in [0.15, 0.2) is 0 Å². The van der Waals surface area contributed by atoms with E-state index in [4.69, 9.17) is 14.2 Å². The average Bonchev–Trinajstić information content (AvgIpc) is 2.47. The molecule has 0 spiro atoms. The fourth-order valence-corrected chi connectivity index (χ4v) is 2.53. The molecule has 1 aliphatic heterocycles. The molecule has 1 heterocycles. The Balaban J connectivity index is 2.40. The molecule has 0 N–H and O–H groups in total. The van der Waals surface area contributed by atoms with Gasteiger partial charge in [-0.2, -0.15) is 0 Å². The molecule has 1 saturated heterocycles. The van der Waals surface area contributed by atoms with Crippen LogP contribution in [-0.4, -0.2) is 51.3 Å². The van der Waals surface area contributed by atoms with Gasteiger partial charge in [0.25, 0.3) is 5.91 Å². The van der Waals surface area contributed by atoms with Gasteiger partial charge in [0.2, 0.25) is 0 Å². The van der Waals surface area contributed by atoms with Gasteiger partial charge in [0.1, 0.15) is 17.1 Å². The van der Waals surface area contributed by atoms with Gasteiger partial charge in [-0.05, 0) is 28.1 Å². The molecule has 0 radical (unpaired) electrons. The van der Waals surface area contributed by atoms with E-state index in [0.717, 1.165) is 4.47 Å². The standard InChI is InChI=1S/C13H16BrNO4/c1-17-10-4-3-9(14)12(18-2)11(10)13(16)15-5-7-19-8-6-15/h3-4H,5-8H2,1-2H3. The van der Waals surface area contributed by atoms with Gasteiger partial charge in [-0.3, -0.25) is 4.79 Å². The Kier molecular flexibility index (Phi) is 4.66. The van der Waals surface area contributed by atoms with Crippen molar-refractivity contribution in [3.8, 4) is 11.5 Å². The van der Waals surface area contributed by atoms with Crippen LogP contribution in [0.15, 0.2) is 16.6 Å². The number of morpholine rings is 1. The fraction of sp³-hybridized carbons (Fsp3) is 0.462. The van der Waals surface area contributed by atoms with Crippen molar-refractivity contribution < 1.29 is 19.0 Å². The summed E-state index contributed by atoms with van der Waals surface area (Å²) in [6, 6.07) is 3.55. The number of hydrogen-bond acceptors (Lipinski definition) is 4. The summed E-state index contributed by atoms with van der Waals surface area (Å²) in [6.45, 7) is 2.28. The Morgan fingerprint density at radius 1 is 1.26 bits per heavy atom. The van der Waals surface area contributed by atoms with Crippen LogP contribution in [0.4, 0.5) is 0 Å². The lowest BCUT2D eigenvalue weighted by atomic mass is 10.1. The summed E-state index contributed by atoms with van der Waals surface area (Å²) in [5.41, 5.74) is 0.446. The lowest BCUT2D eigenvalue weighted by Crippen LogP contribution is -2.41.